The second-order valence-corrected chi connectivity index (χ2v) is 5.48. The van der Waals surface area contributed by atoms with Crippen molar-refractivity contribution in [3.8, 4) is 0 Å². The van der Waals surface area contributed by atoms with Crippen molar-refractivity contribution >= 4 is 5.91 Å². The van der Waals surface area contributed by atoms with Gasteiger partial charge in [-0.05, 0) is 45.3 Å². The smallest absolute Gasteiger partial charge is 0.248 e. The van der Waals surface area contributed by atoms with Crippen LogP contribution in [0.3, 0.4) is 0 Å². The van der Waals surface area contributed by atoms with Crippen LogP contribution in [0.25, 0.3) is 0 Å². The predicted molar refractivity (Wildman–Crippen MR) is 81.7 cm³/mol. The van der Waals surface area contributed by atoms with Crippen LogP contribution in [0.5, 0.6) is 0 Å². The van der Waals surface area contributed by atoms with E-state index in [1.54, 1.807) is 0 Å². The average molecular weight is 285 g/mol. The van der Waals surface area contributed by atoms with Crippen LogP contribution in [-0.2, 0) is 9.53 Å². The van der Waals surface area contributed by atoms with Crippen LogP contribution in [0.2, 0.25) is 0 Å². The fourth-order valence-corrected chi connectivity index (χ4v) is 2.50. The van der Waals surface area contributed by atoms with E-state index in [4.69, 9.17) is 10.5 Å². The van der Waals surface area contributed by atoms with Gasteiger partial charge in [0.1, 0.15) is 6.61 Å². The molecule has 118 valence electrons. The predicted octanol–water partition coefficient (Wildman–Crippen LogP) is 1.08. The van der Waals surface area contributed by atoms with Crippen molar-refractivity contribution in [3.63, 3.8) is 0 Å². The first kappa shape index (κ1) is 17.4. The molecule has 0 aromatic carbocycles. The van der Waals surface area contributed by atoms with Crippen LogP contribution in [0, 0.1) is 0 Å². The summed E-state index contributed by atoms with van der Waals surface area (Å²) in [5.41, 5.74) is 5.50. The Morgan fingerprint density at radius 2 is 2.00 bits per heavy atom. The Hall–Kier alpha value is -0.650. The molecule has 0 unspecified atom stereocenters. The van der Waals surface area contributed by atoms with Gasteiger partial charge >= 0.3 is 0 Å². The van der Waals surface area contributed by atoms with E-state index in [1.165, 1.54) is 12.8 Å². The van der Waals surface area contributed by atoms with Crippen LogP contribution < -0.4 is 5.73 Å². The minimum atomic E-state index is 0.142. The third kappa shape index (κ3) is 7.22. The van der Waals surface area contributed by atoms with Gasteiger partial charge in [0.25, 0.3) is 0 Å². The lowest BCUT2D eigenvalue weighted by molar-refractivity contribution is -0.136. The molecule has 1 saturated heterocycles. The van der Waals surface area contributed by atoms with Gasteiger partial charge in [-0.25, -0.2) is 0 Å². The van der Waals surface area contributed by atoms with Crippen molar-refractivity contribution in [2.45, 2.75) is 39.0 Å². The maximum atomic E-state index is 12.0. The number of carbonyl (C=O) groups excluding carboxylic acids is 1. The quantitative estimate of drug-likeness (QED) is 0.644. The summed E-state index contributed by atoms with van der Waals surface area (Å²) in [6, 6.07) is 0. The molecule has 0 bridgehead atoms. The van der Waals surface area contributed by atoms with E-state index >= 15 is 0 Å². The largest absolute Gasteiger partial charge is 0.372 e. The lowest BCUT2D eigenvalue weighted by Crippen LogP contribution is -2.37. The minimum absolute atomic E-state index is 0.142. The van der Waals surface area contributed by atoms with Crippen molar-refractivity contribution in [2.24, 2.45) is 5.73 Å². The van der Waals surface area contributed by atoms with Crippen LogP contribution in [0.1, 0.15) is 39.0 Å². The number of unbranched alkanes of at least 4 members (excludes halogenated alkanes) is 2. The molecule has 1 fully saturated rings. The molecule has 0 spiro atoms. The first-order chi connectivity index (χ1) is 9.77. The Bertz CT molecular complexity index is 262. The van der Waals surface area contributed by atoms with E-state index in [2.05, 4.69) is 11.8 Å². The van der Waals surface area contributed by atoms with Gasteiger partial charge in [-0.3, -0.25) is 4.79 Å². The maximum absolute atomic E-state index is 12.0. The molecule has 0 saturated carbocycles. The second-order valence-electron chi connectivity index (χ2n) is 5.48. The number of amides is 1. The summed E-state index contributed by atoms with van der Waals surface area (Å²) in [7, 11) is 0. The van der Waals surface area contributed by atoms with Crippen molar-refractivity contribution < 1.29 is 9.53 Å². The maximum Gasteiger partial charge on any atom is 0.248 e. The van der Waals surface area contributed by atoms with Gasteiger partial charge in [0.15, 0.2) is 0 Å². The SMILES string of the molecule is CCCOCC(=O)N1CCCN(CCCCCN)CC1. The van der Waals surface area contributed by atoms with Crippen LogP contribution >= 0.6 is 0 Å². The van der Waals surface area contributed by atoms with Crippen molar-refractivity contribution in [2.75, 3.05) is 52.5 Å². The third-order valence-corrected chi connectivity index (χ3v) is 3.69. The van der Waals surface area contributed by atoms with E-state index < -0.39 is 0 Å². The topological polar surface area (TPSA) is 58.8 Å². The lowest BCUT2D eigenvalue weighted by Gasteiger charge is -2.22. The van der Waals surface area contributed by atoms with Crippen LogP contribution in [0.15, 0.2) is 0 Å². The summed E-state index contributed by atoms with van der Waals surface area (Å²) in [6.45, 7) is 8.69. The molecule has 1 aliphatic rings. The number of ether oxygens (including phenoxy) is 1. The minimum Gasteiger partial charge on any atom is -0.372 e. The standard InChI is InChI=1S/C15H31N3O2/c1-2-13-20-14-15(19)18-10-6-9-17(11-12-18)8-5-3-4-7-16/h2-14,16H2,1H3. The molecule has 5 nitrogen and oxygen atoms in total. The molecule has 0 aromatic heterocycles. The average Bonchev–Trinajstić information content (AvgIpc) is 2.69. The summed E-state index contributed by atoms with van der Waals surface area (Å²) < 4.78 is 5.34. The van der Waals surface area contributed by atoms with E-state index in [0.717, 1.165) is 58.5 Å². The molecular weight excluding hydrogens is 254 g/mol. The highest BCUT2D eigenvalue weighted by molar-refractivity contribution is 5.77. The monoisotopic (exact) mass is 285 g/mol. The van der Waals surface area contributed by atoms with Gasteiger partial charge in [0.05, 0.1) is 0 Å². The summed E-state index contributed by atoms with van der Waals surface area (Å²) in [5, 5.41) is 0. The molecule has 1 heterocycles. The molecule has 5 heteroatoms. The summed E-state index contributed by atoms with van der Waals surface area (Å²) in [6.07, 6.45) is 5.57. The molecule has 0 radical (unpaired) electrons. The van der Waals surface area contributed by atoms with Crippen molar-refractivity contribution in [3.05, 3.63) is 0 Å². The summed E-state index contributed by atoms with van der Waals surface area (Å²) in [4.78, 5) is 16.4. The zero-order valence-electron chi connectivity index (χ0n) is 13.0. The number of carbonyl (C=O) groups is 1. The lowest BCUT2D eigenvalue weighted by atomic mass is 10.2. The first-order valence-electron chi connectivity index (χ1n) is 8.06. The van der Waals surface area contributed by atoms with Gasteiger partial charge in [0.2, 0.25) is 5.91 Å². The number of nitrogens with two attached hydrogens (primary N) is 1. The Morgan fingerprint density at radius 1 is 1.15 bits per heavy atom. The third-order valence-electron chi connectivity index (χ3n) is 3.69. The highest BCUT2D eigenvalue weighted by Gasteiger charge is 2.18. The molecule has 0 aliphatic carbocycles. The molecule has 0 atom stereocenters. The van der Waals surface area contributed by atoms with Gasteiger partial charge < -0.3 is 20.3 Å². The summed E-state index contributed by atoms with van der Waals surface area (Å²) >= 11 is 0. The Labute approximate surface area is 123 Å². The second kappa shape index (κ2) is 11.1. The first-order valence-corrected chi connectivity index (χ1v) is 8.06. The number of nitrogens with zero attached hydrogens (tertiary/aromatic N) is 2. The number of hydrogen-bond acceptors (Lipinski definition) is 4. The van der Waals surface area contributed by atoms with Gasteiger partial charge in [-0.1, -0.05) is 13.3 Å². The van der Waals surface area contributed by atoms with E-state index in [9.17, 15) is 4.79 Å². The highest BCUT2D eigenvalue weighted by atomic mass is 16.5. The number of rotatable bonds is 9. The molecular formula is C15H31N3O2. The van der Waals surface area contributed by atoms with Gasteiger partial charge in [0, 0.05) is 26.2 Å². The van der Waals surface area contributed by atoms with E-state index in [0.29, 0.717) is 6.61 Å². The van der Waals surface area contributed by atoms with Crippen LogP contribution in [-0.4, -0.2) is 68.2 Å². The van der Waals surface area contributed by atoms with Gasteiger partial charge in [-0.15, -0.1) is 0 Å². The van der Waals surface area contributed by atoms with E-state index in [-0.39, 0.29) is 12.5 Å². The van der Waals surface area contributed by atoms with Crippen molar-refractivity contribution in [1.29, 1.82) is 0 Å². The molecule has 0 aromatic rings. The normalized spacial score (nSPS) is 17.2. The Balaban J connectivity index is 2.19. The zero-order valence-corrected chi connectivity index (χ0v) is 13.0. The molecule has 2 N–H and O–H groups in total. The molecule has 1 aliphatic heterocycles. The molecule has 20 heavy (non-hydrogen) atoms. The number of hydrogen-bond donors (Lipinski definition) is 1. The summed E-state index contributed by atoms with van der Waals surface area (Å²) in [5.74, 6) is 0.142. The Kier molecular flexibility index (Phi) is 9.62. The molecule has 1 amide bonds. The fraction of sp³-hybridized carbons (Fsp3) is 0.933. The van der Waals surface area contributed by atoms with E-state index in [1.807, 2.05) is 4.90 Å². The van der Waals surface area contributed by atoms with Gasteiger partial charge in [-0.2, -0.15) is 0 Å². The fourth-order valence-electron chi connectivity index (χ4n) is 2.50. The molecule has 1 rings (SSSR count). The highest BCUT2D eigenvalue weighted by Crippen LogP contribution is 2.06. The zero-order chi connectivity index (χ0) is 14.6. The van der Waals surface area contributed by atoms with Crippen LogP contribution in [0.4, 0.5) is 0 Å². The Morgan fingerprint density at radius 3 is 2.75 bits per heavy atom. The van der Waals surface area contributed by atoms with Crippen molar-refractivity contribution in [1.82, 2.24) is 9.80 Å².